The standard InChI is InChI=1S/C17H17N3OS2/c21-17(11-14-4-1-8-22-14)19-6-3-7-20-13(12-19)10-15(18-20)16-5-2-9-23-16/h1-2,4-5,8-10H,3,6-7,11-12H2. The van der Waals surface area contributed by atoms with Gasteiger partial charge in [0.05, 0.1) is 23.5 Å². The Balaban J connectivity index is 1.53. The van der Waals surface area contributed by atoms with E-state index in [1.165, 1.54) is 4.88 Å². The van der Waals surface area contributed by atoms with Crippen molar-refractivity contribution >= 4 is 28.6 Å². The third-order valence-corrected chi connectivity index (χ3v) is 5.81. The van der Waals surface area contributed by atoms with E-state index in [4.69, 9.17) is 5.10 Å². The molecule has 3 aromatic rings. The summed E-state index contributed by atoms with van der Waals surface area (Å²) in [6, 6.07) is 10.3. The average molecular weight is 343 g/mol. The molecule has 0 unspecified atom stereocenters. The van der Waals surface area contributed by atoms with Gasteiger partial charge in [-0.25, -0.2) is 0 Å². The summed E-state index contributed by atoms with van der Waals surface area (Å²) in [6.45, 7) is 2.34. The van der Waals surface area contributed by atoms with Crippen LogP contribution in [0.4, 0.5) is 0 Å². The summed E-state index contributed by atoms with van der Waals surface area (Å²) in [7, 11) is 0. The highest BCUT2D eigenvalue weighted by molar-refractivity contribution is 7.13. The Morgan fingerprint density at radius 2 is 2.04 bits per heavy atom. The molecule has 0 aromatic carbocycles. The maximum Gasteiger partial charge on any atom is 0.228 e. The number of aryl methyl sites for hydroxylation is 1. The third-order valence-electron chi connectivity index (χ3n) is 4.05. The van der Waals surface area contributed by atoms with Gasteiger partial charge in [0.15, 0.2) is 0 Å². The van der Waals surface area contributed by atoms with Crippen molar-refractivity contribution in [2.24, 2.45) is 0 Å². The highest BCUT2D eigenvalue weighted by Crippen LogP contribution is 2.26. The van der Waals surface area contributed by atoms with E-state index in [1.807, 2.05) is 28.5 Å². The van der Waals surface area contributed by atoms with E-state index in [1.54, 1.807) is 22.7 Å². The molecule has 0 fully saturated rings. The van der Waals surface area contributed by atoms with Gasteiger partial charge in [0.2, 0.25) is 5.91 Å². The van der Waals surface area contributed by atoms with Crippen LogP contribution in [-0.4, -0.2) is 27.1 Å². The summed E-state index contributed by atoms with van der Waals surface area (Å²) in [4.78, 5) is 16.9. The van der Waals surface area contributed by atoms with Crippen LogP contribution in [0.5, 0.6) is 0 Å². The Labute approximate surface area is 143 Å². The van der Waals surface area contributed by atoms with Gasteiger partial charge in [0.25, 0.3) is 0 Å². The van der Waals surface area contributed by atoms with Crippen LogP contribution in [0.3, 0.4) is 0 Å². The van der Waals surface area contributed by atoms with Gasteiger partial charge in [-0.3, -0.25) is 9.48 Å². The number of fused-ring (bicyclic) bond motifs is 1. The number of hydrogen-bond donors (Lipinski definition) is 0. The molecule has 23 heavy (non-hydrogen) atoms. The molecule has 4 rings (SSSR count). The minimum Gasteiger partial charge on any atom is -0.336 e. The van der Waals surface area contributed by atoms with Crippen LogP contribution < -0.4 is 0 Å². The van der Waals surface area contributed by atoms with E-state index in [2.05, 4.69) is 22.2 Å². The number of aromatic nitrogens is 2. The van der Waals surface area contributed by atoms with Crippen LogP contribution in [0.15, 0.2) is 41.1 Å². The number of carbonyl (C=O) groups is 1. The first-order valence-electron chi connectivity index (χ1n) is 7.70. The second kappa shape index (κ2) is 6.29. The highest BCUT2D eigenvalue weighted by Gasteiger charge is 2.21. The average Bonchev–Trinajstić information content (AvgIpc) is 3.27. The molecule has 118 valence electrons. The Hall–Kier alpha value is -1.92. The lowest BCUT2D eigenvalue weighted by molar-refractivity contribution is -0.131. The molecule has 0 N–H and O–H groups in total. The zero-order valence-corrected chi connectivity index (χ0v) is 14.3. The molecule has 4 heterocycles. The predicted molar refractivity (Wildman–Crippen MR) is 93.6 cm³/mol. The van der Waals surface area contributed by atoms with Gasteiger partial charge in [0, 0.05) is 18.0 Å². The van der Waals surface area contributed by atoms with Crippen molar-refractivity contribution in [2.75, 3.05) is 6.54 Å². The molecule has 1 amide bonds. The minimum absolute atomic E-state index is 0.208. The quantitative estimate of drug-likeness (QED) is 0.728. The number of amides is 1. The van der Waals surface area contributed by atoms with Crippen LogP contribution in [-0.2, 0) is 24.3 Å². The fourth-order valence-electron chi connectivity index (χ4n) is 2.89. The number of nitrogens with zero attached hydrogens (tertiary/aromatic N) is 3. The van der Waals surface area contributed by atoms with E-state index in [0.717, 1.165) is 35.8 Å². The number of thiophene rings is 2. The van der Waals surface area contributed by atoms with E-state index < -0.39 is 0 Å². The van der Waals surface area contributed by atoms with Gasteiger partial charge in [-0.15, -0.1) is 22.7 Å². The molecule has 0 saturated heterocycles. The smallest absolute Gasteiger partial charge is 0.228 e. The minimum atomic E-state index is 0.208. The van der Waals surface area contributed by atoms with Crippen molar-refractivity contribution in [1.82, 2.24) is 14.7 Å². The van der Waals surface area contributed by atoms with Crippen molar-refractivity contribution in [2.45, 2.75) is 25.9 Å². The molecule has 3 aromatic heterocycles. The molecule has 6 heteroatoms. The number of rotatable bonds is 3. The van der Waals surface area contributed by atoms with Crippen molar-refractivity contribution in [3.05, 3.63) is 51.7 Å². The first-order valence-corrected chi connectivity index (χ1v) is 9.46. The molecule has 1 aliphatic heterocycles. The predicted octanol–water partition coefficient (Wildman–Crippen LogP) is 3.65. The zero-order valence-electron chi connectivity index (χ0n) is 12.6. The molecule has 0 atom stereocenters. The SMILES string of the molecule is O=C(Cc1cccs1)N1CCCn2nc(-c3cccs3)cc2C1. The van der Waals surface area contributed by atoms with E-state index in [9.17, 15) is 4.79 Å². The molecule has 0 saturated carbocycles. The highest BCUT2D eigenvalue weighted by atomic mass is 32.1. The topological polar surface area (TPSA) is 38.1 Å². The first-order chi connectivity index (χ1) is 11.3. The molecule has 0 radical (unpaired) electrons. The van der Waals surface area contributed by atoms with Crippen LogP contribution in [0.2, 0.25) is 0 Å². The summed E-state index contributed by atoms with van der Waals surface area (Å²) < 4.78 is 2.06. The molecule has 4 nitrogen and oxygen atoms in total. The normalized spacial score (nSPS) is 14.5. The Morgan fingerprint density at radius 1 is 1.17 bits per heavy atom. The maximum atomic E-state index is 12.6. The van der Waals surface area contributed by atoms with Crippen molar-refractivity contribution in [3.63, 3.8) is 0 Å². The van der Waals surface area contributed by atoms with Crippen molar-refractivity contribution in [1.29, 1.82) is 0 Å². The van der Waals surface area contributed by atoms with Crippen LogP contribution in [0.25, 0.3) is 10.6 Å². The van der Waals surface area contributed by atoms with Crippen LogP contribution in [0.1, 0.15) is 17.0 Å². The maximum absolute atomic E-state index is 12.6. The monoisotopic (exact) mass is 343 g/mol. The fraction of sp³-hybridized carbons (Fsp3) is 0.294. The summed E-state index contributed by atoms with van der Waals surface area (Å²) in [6.07, 6.45) is 1.46. The number of hydrogen-bond acceptors (Lipinski definition) is 4. The Bertz CT molecular complexity index is 790. The van der Waals surface area contributed by atoms with E-state index in [0.29, 0.717) is 13.0 Å². The molecule has 0 aliphatic carbocycles. The molecule has 1 aliphatic rings. The van der Waals surface area contributed by atoms with Gasteiger partial charge < -0.3 is 4.90 Å². The number of carbonyl (C=O) groups excluding carboxylic acids is 1. The lowest BCUT2D eigenvalue weighted by atomic mass is 10.2. The summed E-state index contributed by atoms with van der Waals surface area (Å²) in [5, 5.41) is 8.80. The lowest BCUT2D eigenvalue weighted by Gasteiger charge is -2.19. The summed E-state index contributed by atoms with van der Waals surface area (Å²) >= 11 is 3.34. The first kappa shape index (κ1) is 14.7. The van der Waals surface area contributed by atoms with E-state index in [-0.39, 0.29) is 5.91 Å². The van der Waals surface area contributed by atoms with Gasteiger partial charge in [-0.1, -0.05) is 12.1 Å². The van der Waals surface area contributed by atoms with Gasteiger partial charge >= 0.3 is 0 Å². The third kappa shape index (κ3) is 3.09. The molecule has 0 bridgehead atoms. The van der Waals surface area contributed by atoms with Crippen LogP contribution >= 0.6 is 22.7 Å². The lowest BCUT2D eigenvalue weighted by Crippen LogP contribution is -2.31. The Kier molecular flexibility index (Phi) is 4.01. The second-order valence-corrected chi connectivity index (χ2v) is 7.63. The van der Waals surface area contributed by atoms with Gasteiger partial charge in [-0.2, -0.15) is 5.10 Å². The van der Waals surface area contributed by atoms with Crippen molar-refractivity contribution in [3.8, 4) is 10.6 Å². The Morgan fingerprint density at radius 3 is 2.83 bits per heavy atom. The molecular formula is C17H17N3OS2. The second-order valence-electron chi connectivity index (χ2n) is 5.65. The molecular weight excluding hydrogens is 326 g/mol. The van der Waals surface area contributed by atoms with Gasteiger partial charge in [0.1, 0.15) is 5.69 Å². The van der Waals surface area contributed by atoms with E-state index >= 15 is 0 Å². The van der Waals surface area contributed by atoms with Gasteiger partial charge in [-0.05, 0) is 35.4 Å². The fourth-order valence-corrected chi connectivity index (χ4v) is 4.27. The molecule has 0 spiro atoms. The zero-order chi connectivity index (χ0) is 15.6. The largest absolute Gasteiger partial charge is 0.336 e. The van der Waals surface area contributed by atoms with Crippen LogP contribution in [0, 0.1) is 0 Å². The van der Waals surface area contributed by atoms with Crippen molar-refractivity contribution < 1.29 is 4.79 Å². The summed E-state index contributed by atoms with van der Waals surface area (Å²) in [5.74, 6) is 0.208. The summed E-state index contributed by atoms with van der Waals surface area (Å²) in [5.41, 5.74) is 2.15.